The van der Waals surface area contributed by atoms with Gasteiger partial charge in [-0.2, -0.15) is 0 Å². The highest BCUT2D eigenvalue weighted by Crippen LogP contribution is 2.43. The number of hydrogen-bond donors (Lipinski definition) is 0. The third-order valence-electron chi connectivity index (χ3n) is 8.11. The van der Waals surface area contributed by atoms with E-state index in [1.165, 1.54) is 57.8 Å². The van der Waals surface area contributed by atoms with Crippen molar-refractivity contribution in [3.05, 3.63) is 35.4 Å². The van der Waals surface area contributed by atoms with Crippen LogP contribution in [-0.4, -0.2) is 13.2 Å². The van der Waals surface area contributed by atoms with Crippen molar-refractivity contribution in [3.63, 3.8) is 0 Å². The fourth-order valence-corrected chi connectivity index (χ4v) is 6.07. The third kappa shape index (κ3) is 7.12. The zero-order chi connectivity index (χ0) is 20.5. The third-order valence-corrected chi connectivity index (χ3v) is 8.11. The molecule has 1 saturated heterocycles. The monoisotopic (exact) mass is 398 g/mol. The summed E-state index contributed by atoms with van der Waals surface area (Å²) in [5.74, 6) is 5.01. The Balaban J connectivity index is 0.000000128. The van der Waals surface area contributed by atoms with Gasteiger partial charge in [0.15, 0.2) is 0 Å². The Morgan fingerprint density at radius 1 is 0.724 bits per heavy atom. The fourth-order valence-electron chi connectivity index (χ4n) is 6.07. The lowest BCUT2D eigenvalue weighted by molar-refractivity contribution is 0.0716. The van der Waals surface area contributed by atoms with Crippen LogP contribution in [0.25, 0.3) is 0 Å². The van der Waals surface area contributed by atoms with Gasteiger partial charge >= 0.3 is 0 Å². The van der Waals surface area contributed by atoms with E-state index >= 15 is 0 Å². The molecular formula is C28H46O. The van der Waals surface area contributed by atoms with E-state index in [4.69, 9.17) is 4.74 Å². The molecule has 1 aromatic rings. The van der Waals surface area contributed by atoms with Crippen LogP contribution in [0.3, 0.4) is 0 Å². The summed E-state index contributed by atoms with van der Waals surface area (Å²) in [6.45, 7) is 9.06. The Morgan fingerprint density at radius 2 is 1.45 bits per heavy atom. The van der Waals surface area contributed by atoms with Crippen LogP contribution in [0.4, 0.5) is 0 Å². The number of rotatable bonds is 0. The van der Waals surface area contributed by atoms with Gasteiger partial charge in [0.1, 0.15) is 0 Å². The maximum Gasteiger partial charge on any atom is 0.0468 e. The average molecular weight is 399 g/mol. The highest BCUT2D eigenvalue weighted by Gasteiger charge is 2.31. The molecule has 4 atom stereocenters. The van der Waals surface area contributed by atoms with E-state index in [0.29, 0.717) is 0 Å². The summed E-state index contributed by atoms with van der Waals surface area (Å²) >= 11 is 0. The first-order chi connectivity index (χ1) is 14.1. The molecular weight excluding hydrogens is 352 g/mol. The molecule has 5 rings (SSSR count). The Hall–Kier alpha value is -0.820. The zero-order valence-electron chi connectivity index (χ0n) is 19.5. The molecule has 0 bridgehead atoms. The second kappa shape index (κ2) is 12.1. The van der Waals surface area contributed by atoms with Gasteiger partial charge in [0.2, 0.25) is 0 Å². The number of fused-ring (bicyclic) bond motifs is 2. The van der Waals surface area contributed by atoms with Crippen LogP contribution in [-0.2, 0) is 11.2 Å². The largest absolute Gasteiger partial charge is 0.381 e. The van der Waals surface area contributed by atoms with E-state index in [0.717, 1.165) is 42.8 Å². The van der Waals surface area contributed by atoms with Crippen LogP contribution in [0.2, 0.25) is 0 Å². The summed E-state index contributed by atoms with van der Waals surface area (Å²) in [5, 5.41) is 0. The molecule has 0 aromatic heterocycles. The summed E-state index contributed by atoms with van der Waals surface area (Å²) in [7, 11) is 0. The number of aryl methyl sites for hydroxylation is 1. The molecule has 0 spiro atoms. The van der Waals surface area contributed by atoms with Gasteiger partial charge in [0.25, 0.3) is 0 Å². The summed E-state index contributed by atoms with van der Waals surface area (Å²) in [6.07, 6.45) is 17.3. The van der Waals surface area contributed by atoms with E-state index < -0.39 is 0 Å². The quantitative estimate of drug-likeness (QED) is 0.428. The van der Waals surface area contributed by atoms with Gasteiger partial charge in [-0.25, -0.2) is 0 Å². The predicted molar refractivity (Wildman–Crippen MR) is 125 cm³/mol. The highest BCUT2D eigenvalue weighted by atomic mass is 16.5. The Kier molecular flexibility index (Phi) is 9.56. The minimum atomic E-state index is 0.792. The zero-order valence-corrected chi connectivity index (χ0v) is 19.5. The van der Waals surface area contributed by atoms with E-state index in [1.54, 1.807) is 30.4 Å². The Morgan fingerprint density at radius 3 is 2.14 bits per heavy atom. The molecule has 3 aliphatic carbocycles. The molecule has 29 heavy (non-hydrogen) atoms. The molecule has 4 unspecified atom stereocenters. The molecule has 0 N–H and O–H groups in total. The van der Waals surface area contributed by atoms with Crippen molar-refractivity contribution in [1.29, 1.82) is 0 Å². The van der Waals surface area contributed by atoms with E-state index in [2.05, 4.69) is 45.0 Å². The molecule has 2 saturated carbocycles. The smallest absolute Gasteiger partial charge is 0.0468 e. The van der Waals surface area contributed by atoms with Crippen molar-refractivity contribution in [2.24, 2.45) is 23.7 Å². The topological polar surface area (TPSA) is 9.23 Å². The first kappa shape index (κ1) is 22.9. The minimum Gasteiger partial charge on any atom is -0.381 e. The maximum atomic E-state index is 5.14. The lowest BCUT2D eigenvalue weighted by Gasteiger charge is -2.39. The van der Waals surface area contributed by atoms with Crippen LogP contribution < -0.4 is 0 Å². The van der Waals surface area contributed by atoms with Gasteiger partial charge in [-0.3, -0.25) is 0 Å². The lowest BCUT2D eigenvalue weighted by Crippen LogP contribution is -2.29. The molecule has 164 valence electrons. The summed E-state index contributed by atoms with van der Waals surface area (Å²) in [5.41, 5.74) is 3.16. The molecule has 1 aromatic carbocycles. The van der Waals surface area contributed by atoms with Crippen molar-refractivity contribution < 1.29 is 4.74 Å². The lowest BCUT2D eigenvalue weighted by atomic mass is 9.66. The maximum absolute atomic E-state index is 5.14. The van der Waals surface area contributed by atoms with Gasteiger partial charge in [0.05, 0.1) is 0 Å². The average Bonchev–Trinajstić information content (AvgIpc) is 2.76. The van der Waals surface area contributed by atoms with E-state index in [1.807, 2.05) is 0 Å². The predicted octanol–water partition coefficient (Wildman–Crippen LogP) is 8.17. The van der Waals surface area contributed by atoms with Gasteiger partial charge in [0, 0.05) is 13.2 Å². The van der Waals surface area contributed by atoms with Gasteiger partial charge in [-0.15, -0.1) is 0 Å². The van der Waals surface area contributed by atoms with E-state index in [9.17, 15) is 0 Å². The highest BCUT2D eigenvalue weighted by molar-refractivity contribution is 5.31. The van der Waals surface area contributed by atoms with Crippen molar-refractivity contribution in [3.8, 4) is 0 Å². The molecule has 1 heteroatoms. The Bertz CT molecular complexity index is 571. The van der Waals surface area contributed by atoms with Gasteiger partial charge in [-0.1, -0.05) is 83.6 Å². The van der Waals surface area contributed by atoms with Crippen LogP contribution in [0.1, 0.15) is 108 Å². The molecule has 1 aliphatic heterocycles. The second-order valence-corrected chi connectivity index (χ2v) is 10.4. The van der Waals surface area contributed by atoms with E-state index in [-0.39, 0.29) is 0 Å². The molecule has 0 amide bonds. The van der Waals surface area contributed by atoms with Crippen LogP contribution in [0.15, 0.2) is 24.3 Å². The number of hydrogen-bond acceptors (Lipinski definition) is 1. The van der Waals surface area contributed by atoms with Gasteiger partial charge in [-0.05, 0) is 79.2 Å². The van der Waals surface area contributed by atoms with Crippen LogP contribution in [0.5, 0.6) is 0 Å². The van der Waals surface area contributed by atoms with Crippen molar-refractivity contribution >= 4 is 0 Å². The Labute approximate surface area is 181 Å². The molecule has 3 fully saturated rings. The van der Waals surface area contributed by atoms with Crippen molar-refractivity contribution in [1.82, 2.24) is 0 Å². The molecule has 4 aliphatic rings. The minimum absolute atomic E-state index is 0.792. The van der Waals surface area contributed by atoms with Crippen molar-refractivity contribution in [2.45, 2.75) is 104 Å². The van der Waals surface area contributed by atoms with Crippen LogP contribution in [0, 0.1) is 23.7 Å². The molecule has 1 nitrogen and oxygen atoms in total. The first-order valence-corrected chi connectivity index (χ1v) is 12.8. The number of benzene rings is 1. The summed E-state index contributed by atoms with van der Waals surface area (Å²) in [6, 6.07) is 8.85. The van der Waals surface area contributed by atoms with Gasteiger partial charge < -0.3 is 4.74 Å². The molecule has 1 heterocycles. The van der Waals surface area contributed by atoms with Crippen LogP contribution >= 0.6 is 0 Å². The fraction of sp³-hybridized carbons (Fsp3) is 0.786. The second-order valence-electron chi connectivity index (χ2n) is 10.4. The summed E-state index contributed by atoms with van der Waals surface area (Å²) in [4.78, 5) is 0. The van der Waals surface area contributed by atoms with Crippen molar-refractivity contribution in [2.75, 3.05) is 13.2 Å². The normalized spacial score (nSPS) is 31.8. The first-order valence-electron chi connectivity index (χ1n) is 12.8. The summed E-state index contributed by atoms with van der Waals surface area (Å²) < 4.78 is 5.14. The standard InChI is InChI=1S/C11H20.C11H14.C6H12O/c2*1-9-5-4-7-10-6-2-3-8-11(9)10;1-6-2-4-7-5-3-6/h9-11H,2-8H2,1H3;2-3,6,8-9H,4-5,7H2,1H3;6H,2-5H2,1H3. The molecule has 0 radical (unpaired) electrons. The number of ether oxygens (including phenoxy) is 1. The SMILES string of the molecule is CC1CCCC2CCCCC12.CC1CCCc2ccccc21.CC1CCOCC1.